The molecular formula is C80H99IN12O8S3. The molecule has 16 rings (SSSR count). The lowest BCUT2D eigenvalue weighted by Gasteiger charge is -2.27. The second-order valence-electron chi connectivity index (χ2n) is 33.9. The first-order valence-electron chi connectivity index (χ1n) is 35.6. The maximum atomic E-state index is 13.1. The number of amides is 4. The van der Waals surface area contributed by atoms with Gasteiger partial charge in [-0.3, -0.25) is 19.6 Å². The number of H-pyrrole nitrogens is 4. The third-order valence-corrected chi connectivity index (χ3v) is 21.4. The monoisotopic (exact) mass is 1580 g/mol. The molecule has 0 bridgehead atoms. The average Bonchev–Trinajstić information content (AvgIpc) is 1.61. The molecule has 4 saturated carbocycles. The molecule has 4 atom stereocenters. The first-order chi connectivity index (χ1) is 47.7. The van der Waals surface area contributed by atoms with E-state index in [0.717, 1.165) is 156 Å². The molecule has 104 heavy (non-hydrogen) atoms. The van der Waals surface area contributed by atoms with Gasteiger partial charge in [0.2, 0.25) is 0 Å². The molecule has 24 heteroatoms. The molecule has 4 aromatic heterocycles. The van der Waals surface area contributed by atoms with Gasteiger partial charge in [-0.1, -0.05) is 42.0 Å². The molecule has 0 radical (unpaired) electrons. The van der Waals surface area contributed by atoms with Crippen molar-refractivity contribution in [2.24, 2.45) is 21.7 Å². The summed E-state index contributed by atoms with van der Waals surface area (Å²) in [6.07, 6.45) is 21.1. The fraction of sp³-hybridized carbons (Fsp3) is 0.500. The zero-order valence-electron chi connectivity index (χ0n) is 61.7. The maximum absolute atomic E-state index is 13.1. The number of benzene rings is 4. The van der Waals surface area contributed by atoms with E-state index >= 15 is 0 Å². The van der Waals surface area contributed by atoms with E-state index in [-0.39, 0.29) is 111 Å². The molecule has 4 saturated heterocycles. The van der Waals surface area contributed by atoms with Gasteiger partial charge >= 0.3 is 24.4 Å². The summed E-state index contributed by atoms with van der Waals surface area (Å²) >= 11 is 2.30. The lowest BCUT2D eigenvalue weighted by atomic mass is 10.0. The number of rotatable bonds is 6. The Labute approximate surface area is 644 Å². The van der Waals surface area contributed by atoms with E-state index < -0.39 is 22.4 Å². The molecule has 8 fully saturated rings. The third kappa shape index (κ3) is 17.7. The maximum Gasteiger partial charge on any atom is 0.410 e. The number of ether oxygens (including phenoxy) is 4. The number of nitrogens with zero attached hydrogens (tertiary/aromatic N) is 8. The zero-order valence-corrected chi connectivity index (χ0v) is 66.8. The number of likely N-dealkylation sites (tertiary alicyclic amines) is 4. The summed E-state index contributed by atoms with van der Waals surface area (Å²) in [5.41, 5.74) is 8.97. The number of halogens is 1. The minimum atomic E-state index is -0.549. The minimum Gasteiger partial charge on any atom is -0.444 e. The number of hydrogen-bond donors (Lipinski definition) is 4. The number of nitrogens with one attached hydrogen (secondary N) is 4. The van der Waals surface area contributed by atoms with Crippen LogP contribution in [-0.4, -0.2) is 132 Å². The smallest absolute Gasteiger partial charge is 0.410 e. The molecule has 8 heterocycles. The Balaban J connectivity index is 0.000000169. The first kappa shape index (κ1) is 77.3. The van der Waals surface area contributed by atoms with Gasteiger partial charge in [-0.25, -0.2) is 39.1 Å². The highest BCUT2D eigenvalue weighted by Crippen LogP contribution is 2.62. The SMILES string of the molecule is C#Cc1ccc2nc([C@@H]3CC4(CC4)CN3C(=O)OC(C)(C)C)[nH]c2c1.CC(C)(C)OC(=O)N1CC2(CC2)C[C@H]1c1ncc(-c2ccc(C#Cc3ccc4nc([C@@H]5CC6(CC6)CN5C(=O)OC(C)(C)C)[nH]c4c3)cc2)[nH]1.CC(C)(C)OC(=O)N1CC2(CC2)C[C@H]1c1ncc(-c2ccc(I)cc2)[nH]1.S.S.S. The van der Waals surface area contributed by atoms with E-state index in [2.05, 4.69) is 89.5 Å². The van der Waals surface area contributed by atoms with Crippen molar-refractivity contribution in [3.8, 4) is 46.7 Å². The molecule has 0 unspecified atom stereocenters. The van der Waals surface area contributed by atoms with Crippen molar-refractivity contribution in [1.82, 2.24) is 59.5 Å². The molecule has 8 aliphatic rings. The normalized spacial score (nSPS) is 21.0. The Morgan fingerprint density at radius 2 is 0.731 bits per heavy atom. The number of aromatic amines is 4. The lowest BCUT2D eigenvalue weighted by molar-refractivity contribution is 0.0202. The van der Waals surface area contributed by atoms with Crippen LogP contribution in [0.1, 0.15) is 224 Å². The summed E-state index contributed by atoms with van der Waals surface area (Å²) < 4.78 is 24.0. The van der Waals surface area contributed by atoms with Crippen molar-refractivity contribution in [2.75, 3.05) is 26.2 Å². The van der Waals surface area contributed by atoms with Crippen LogP contribution < -0.4 is 0 Å². The molecule has 552 valence electrons. The van der Waals surface area contributed by atoms with Gasteiger partial charge in [0.15, 0.2) is 0 Å². The van der Waals surface area contributed by atoms with E-state index in [1.54, 1.807) is 0 Å². The molecule has 4 N–H and O–H groups in total. The fourth-order valence-corrected chi connectivity index (χ4v) is 15.1. The predicted octanol–water partition coefficient (Wildman–Crippen LogP) is 17.8. The number of imidazole rings is 4. The van der Waals surface area contributed by atoms with E-state index in [1.807, 2.05) is 176 Å². The van der Waals surface area contributed by atoms with Gasteiger partial charge in [0.05, 0.1) is 70.0 Å². The summed E-state index contributed by atoms with van der Waals surface area (Å²) in [7, 11) is 0. The zero-order chi connectivity index (χ0) is 71.4. The Bertz CT molecular complexity index is 4620. The van der Waals surface area contributed by atoms with Crippen molar-refractivity contribution in [1.29, 1.82) is 0 Å². The van der Waals surface area contributed by atoms with Crippen LogP contribution in [0, 0.1) is 49.4 Å². The van der Waals surface area contributed by atoms with Crippen molar-refractivity contribution >= 4 is 110 Å². The predicted molar refractivity (Wildman–Crippen MR) is 426 cm³/mol. The molecule has 4 spiro atoms. The summed E-state index contributed by atoms with van der Waals surface area (Å²) in [4.78, 5) is 91.8. The summed E-state index contributed by atoms with van der Waals surface area (Å²) in [6, 6.07) is 27.8. The van der Waals surface area contributed by atoms with Crippen molar-refractivity contribution in [3.05, 3.63) is 141 Å². The molecule has 8 aromatic rings. The van der Waals surface area contributed by atoms with Gasteiger partial charge in [-0.15, -0.1) is 6.42 Å². The Kier molecular flexibility index (Phi) is 21.4. The first-order valence-corrected chi connectivity index (χ1v) is 36.7. The number of carbonyl (C=O) groups is 4. The Morgan fingerprint density at radius 3 is 1.06 bits per heavy atom. The topological polar surface area (TPSA) is 233 Å². The van der Waals surface area contributed by atoms with E-state index in [1.165, 1.54) is 29.3 Å². The Morgan fingerprint density at radius 1 is 0.433 bits per heavy atom. The fourth-order valence-electron chi connectivity index (χ4n) is 14.8. The van der Waals surface area contributed by atoms with E-state index in [0.29, 0.717) is 6.54 Å². The second-order valence-corrected chi connectivity index (χ2v) is 35.1. The van der Waals surface area contributed by atoms with E-state index in [4.69, 9.17) is 40.3 Å². The minimum absolute atomic E-state index is 0. The highest BCUT2D eigenvalue weighted by molar-refractivity contribution is 14.1. The van der Waals surface area contributed by atoms with Crippen molar-refractivity contribution in [2.45, 2.75) is 207 Å². The summed E-state index contributed by atoms with van der Waals surface area (Å²) in [6.45, 7) is 25.8. The van der Waals surface area contributed by atoms with Gasteiger partial charge < -0.3 is 38.9 Å². The van der Waals surface area contributed by atoms with Gasteiger partial charge in [0.25, 0.3) is 0 Å². The van der Waals surface area contributed by atoms with Gasteiger partial charge in [0.1, 0.15) is 45.7 Å². The molecular weight excluding hydrogens is 1480 g/mol. The molecule has 4 amide bonds. The number of terminal acetylenes is 1. The van der Waals surface area contributed by atoms with Crippen LogP contribution >= 0.6 is 63.1 Å². The summed E-state index contributed by atoms with van der Waals surface area (Å²) in [5, 5.41) is 0. The van der Waals surface area contributed by atoms with Gasteiger partial charge in [0, 0.05) is 46.4 Å². The van der Waals surface area contributed by atoms with Crippen molar-refractivity contribution < 1.29 is 38.1 Å². The average molecular weight is 1580 g/mol. The third-order valence-electron chi connectivity index (χ3n) is 20.7. The molecule has 4 aliphatic carbocycles. The van der Waals surface area contributed by atoms with Crippen LogP contribution in [-0.2, 0) is 18.9 Å². The second kappa shape index (κ2) is 28.8. The van der Waals surface area contributed by atoms with Gasteiger partial charge in [-0.05, 0) is 276 Å². The van der Waals surface area contributed by atoms with E-state index in [9.17, 15) is 19.2 Å². The van der Waals surface area contributed by atoms with Crippen LogP contribution in [0.3, 0.4) is 0 Å². The lowest BCUT2D eigenvalue weighted by Crippen LogP contribution is -2.37. The molecule has 4 aliphatic heterocycles. The van der Waals surface area contributed by atoms with Crippen LogP contribution in [0.2, 0.25) is 0 Å². The number of carbonyl (C=O) groups excluding carboxylic acids is 4. The molecule has 4 aromatic carbocycles. The quantitative estimate of drug-likeness (QED) is 0.0692. The highest BCUT2D eigenvalue weighted by atomic mass is 127. The Hall–Kier alpha value is -7.78. The van der Waals surface area contributed by atoms with Crippen molar-refractivity contribution in [3.63, 3.8) is 0 Å². The van der Waals surface area contributed by atoms with Gasteiger partial charge in [-0.2, -0.15) is 40.5 Å². The number of hydrogen-bond acceptors (Lipinski definition) is 12. The van der Waals surface area contributed by atoms with Crippen LogP contribution in [0.5, 0.6) is 0 Å². The molecule has 20 nitrogen and oxygen atoms in total. The number of fused-ring (bicyclic) bond motifs is 2. The van der Waals surface area contributed by atoms with Crippen LogP contribution in [0.15, 0.2) is 97.3 Å². The largest absolute Gasteiger partial charge is 0.444 e. The highest BCUT2D eigenvalue weighted by Gasteiger charge is 2.59. The number of aromatic nitrogens is 8. The summed E-state index contributed by atoms with van der Waals surface area (Å²) in [5.74, 6) is 12.5. The van der Waals surface area contributed by atoms with Crippen LogP contribution in [0.25, 0.3) is 44.6 Å². The standard InChI is InChI=1S/C40H46N6O4.C20H24IN3O2.C20H23N3O2.3H2S/c1-37(2,3)49-35(47)45-23-39(15-16-39)20-31(45)33-41-22-30(44-33)27-12-9-25(10-13-27)7-8-26-11-14-28-29(19-26)43-34(42-28)32-21-40(17-18-40)24-46(32)36(48)50-38(4,5)6;1-19(2,3)26-18(25)24-12-20(8-9-20)10-16(24)17-22-11-15(23-17)13-4-6-14(21)7-5-13;1-5-13-6-7-14-15(10-13)22-17(21-14)16-11-20(8-9-20)12-23(16)18(24)25-19(2,3)4;;;/h9-14,19,22,31-32H,15-18,20-21,23-24H2,1-6H3,(H,41,44)(H,42,43);4-7,11,16H,8-10,12H2,1-3H3,(H,22,23);1,6-7,10,16H,8-9,11-12H2,2-4H3,(H,21,22);3*1H2/t31-,32-;2*16-;;;/m000.../s1. The van der Waals surface area contributed by atoms with Crippen LogP contribution in [0.4, 0.5) is 19.2 Å².